The Labute approximate surface area is 174 Å². The van der Waals surface area contributed by atoms with Gasteiger partial charge in [-0.3, -0.25) is 19.8 Å². The molecule has 7 heteroatoms. The minimum absolute atomic E-state index is 0.133. The highest BCUT2D eigenvalue weighted by molar-refractivity contribution is 6.36. The number of hydrogen-bond donors (Lipinski definition) is 1. The maximum atomic E-state index is 12.3. The van der Waals surface area contributed by atoms with Gasteiger partial charge in [-0.15, -0.1) is 0 Å². The van der Waals surface area contributed by atoms with Crippen LogP contribution in [0.25, 0.3) is 11.1 Å². The first-order valence-corrected chi connectivity index (χ1v) is 9.99. The van der Waals surface area contributed by atoms with Crippen LogP contribution in [0.3, 0.4) is 0 Å². The van der Waals surface area contributed by atoms with Crippen molar-refractivity contribution in [2.75, 3.05) is 16.3 Å². The van der Waals surface area contributed by atoms with Gasteiger partial charge in [0.15, 0.2) is 0 Å². The number of anilines is 2. The number of carbonyl (C=O) groups excluding carboxylic acids is 3. The lowest BCUT2D eigenvalue weighted by Gasteiger charge is -2.32. The van der Waals surface area contributed by atoms with E-state index in [1.165, 1.54) is 4.90 Å². The topological polar surface area (TPSA) is 69.7 Å². The first-order valence-electron chi connectivity index (χ1n) is 9.61. The average Bonchev–Trinajstić information content (AvgIpc) is 2.95. The number of amides is 4. The van der Waals surface area contributed by atoms with Gasteiger partial charge in [-0.1, -0.05) is 35.9 Å². The monoisotopic (exact) mass is 411 g/mol. The largest absolute Gasteiger partial charge is 0.328 e. The van der Waals surface area contributed by atoms with Gasteiger partial charge in [-0.25, -0.2) is 4.79 Å². The van der Waals surface area contributed by atoms with Gasteiger partial charge in [0.2, 0.25) is 11.8 Å². The van der Waals surface area contributed by atoms with E-state index in [9.17, 15) is 14.4 Å². The maximum absolute atomic E-state index is 12.3. The van der Waals surface area contributed by atoms with Crippen LogP contribution in [0.5, 0.6) is 0 Å². The Balaban J connectivity index is 1.65. The van der Waals surface area contributed by atoms with E-state index in [1.807, 2.05) is 41.3 Å². The molecule has 0 unspecified atom stereocenters. The van der Waals surface area contributed by atoms with E-state index >= 15 is 0 Å². The second-order valence-electron chi connectivity index (χ2n) is 7.98. The zero-order valence-electron chi connectivity index (χ0n) is 16.4. The Bertz CT molecular complexity index is 1000. The summed E-state index contributed by atoms with van der Waals surface area (Å²) in [7, 11) is 0. The van der Waals surface area contributed by atoms with Gasteiger partial charge in [-0.05, 0) is 44.0 Å². The van der Waals surface area contributed by atoms with E-state index < -0.39 is 6.03 Å². The van der Waals surface area contributed by atoms with Crippen LogP contribution in [0.15, 0.2) is 42.5 Å². The zero-order chi connectivity index (χ0) is 20.8. The molecule has 4 amide bonds. The number of hydrogen-bond acceptors (Lipinski definition) is 3. The highest BCUT2D eigenvalue weighted by atomic mass is 35.5. The summed E-state index contributed by atoms with van der Waals surface area (Å²) < 4.78 is 0. The van der Waals surface area contributed by atoms with Gasteiger partial charge in [0.05, 0.1) is 10.7 Å². The first kappa shape index (κ1) is 19.5. The third-order valence-electron chi connectivity index (χ3n) is 5.57. The lowest BCUT2D eigenvalue weighted by atomic mass is 10.0. The number of nitrogens with one attached hydrogen (secondary N) is 1. The zero-order valence-corrected chi connectivity index (χ0v) is 17.1. The van der Waals surface area contributed by atoms with E-state index in [4.69, 9.17) is 11.6 Å². The Morgan fingerprint density at radius 2 is 1.72 bits per heavy atom. The van der Waals surface area contributed by atoms with Crippen molar-refractivity contribution in [3.8, 4) is 11.1 Å². The van der Waals surface area contributed by atoms with Crippen LogP contribution in [0.4, 0.5) is 16.2 Å². The Morgan fingerprint density at radius 1 is 1.00 bits per heavy atom. The molecule has 2 fully saturated rings. The van der Waals surface area contributed by atoms with Gasteiger partial charge in [-0.2, -0.15) is 0 Å². The highest BCUT2D eigenvalue weighted by Crippen LogP contribution is 2.39. The second kappa shape index (κ2) is 7.19. The standard InChI is InChI=1S/C22H22ClN3O3/c1-22(2)12-10-19(28)26(22)15-8-6-14(7-9-15)16-4-3-5-17(20(16)23)25-13-11-18(27)24-21(25)29/h3-9H,10-13H2,1-2H3,(H,24,27,29). The van der Waals surface area contributed by atoms with Crippen molar-refractivity contribution in [1.29, 1.82) is 0 Å². The van der Waals surface area contributed by atoms with Crippen LogP contribution in [-0.4, -0.2) is 29.9 Å². The smallest absolute Gasteiger partial charge is 0.307 e. The molecule has 0 aliphatic carbocycles. The van der Waals surface area contributed by atoms with Crippen molar-refractivity contribution >= 4 is 40.8 Å². The Morgan fingerprint density at radius 3 is 2.34 bits per heavy atom. The summed E-state index contributed by atoms with van der Waals surface area (Å²) in [6, 6.07) is 12.7. The molecule has 29 heavy (non-hydrogen) atoms. The SMILES string of the molecule is CC1(C)CCC(=O)N1c1ccc(-c2cccc(N3CCC(=O)NC3=O)c2Cl)cc1. The molecule has 0 saturated carbocycles. The molecule has 0 atom stereocenters. The molecule has 2 aliphatic rings. The number of halogens is 1. The van der Waals surface area contributed by atoms with Gasteiger partial charge in [0, 0.05) is 36.2 Å². The predicted octanol–water partition coefficient (Wildman–Crippen LogP) is 4.36. The number of rotatable bonds is 3. The molecule has 1 N–H and O–H groups in total. The molecule has 0 radical (unpaired) electrons. The number of imide groups is 1. The summed E-state index contributed by atoms with van der Waals surface area (Å²) in [6.45, 7) is 4.43. The minimum Gasteiger partial charge on any atom is -0.307 e. The second-order valence-corrected chi connectivity index (χ2v) is 8.36. The molecule has 2 aromatic carbocycles. The van der Waals surface area contributed by atoms with Crippen LogP contribution in [0.1, 0.15) is 33.1 Å². The minimum atomic E-state index is -0.467. The molecule has 4 rings (SSSR count). The summed E-state index contributed by atoms with van der Waals surface area (Å²) in [5.74, 6) is -0.151. The Kier molecular flexibility index (Phi) is 4.82. The summed E-state index contributed by atoms with van der Waals surface area (Å²) in [5, 5.41) is 2.76. The van der Waals surface area contributed by atoms with Gasteiger partial charge in [0.25, 0.3) is 0 Å². The third kappa shape index (κ3) is 3.49. The number of urea groups is 1. The fourth-order valence-corrected chi connectivity index (χ4v) is 4.34. The fraction of sp³-hybridized carbons (Fsp3) is 0.318. The summed E-state index contributed by atoms with van der Waals surface area (Å²) >= 11 is 6.64. The van der Waals surface area contributed by atoms with Gasteiger partial charge in [0.1, 0.15) is 0 Å². The lowest BCUT2D eigenvalue weighted by Crippen LogP contribution is -2.49. The molecule has 2 aliphatic heterocycles. The third-order valence-corrected chi connectivity index (χ3v) is 5.96. The van der Waals surface area contributed by atoms with E-state index in [-0.39, 0.29) is 23.8 Å². The van der Waals surface area contributed by atoms with E-state index in [0.717, 1.165) is 23.2 Å². The van der Waals surface area contributed by atoms with Crippen LogP contribution in [-0.2, 0) is 9.59 Å². The Hall–Kier alpha value is -2.86. The molecule has 0 bridgehead atoms. The summed E-state index contributed by atoms with van der Waals surface area (Å²) in [4.78, 5) is 39.2. The average molecular weight is 412 g/mol. The van der Waals surface area contributed by atoms with Crippen molar-refractivity contribution in [3.05, 3.63) is 47.5 Å². The number of benzene rings is 2. The van der Waals surface area contributed by atoms with Crippen LogP contribution in [0.2, 0.25) is 5.02 Å². The highest BCUT2D eigenvalue weighted by Gasteiger charge is 2.38. The molecule has 2 aromatic rings. The fourth-order valence-electron chi connectivity index (χ4n) is 4.00. The number of carbonyl (C=O) groups is 3. The summed E-state index contributed by atoms with van der Waals surface area (Å²) in [6.07, 6.45) is 1.63. The van der Waals surface area contributed by atoms with Gasteiger partial charge < -0.3 is 4.90 Å². The predicted molar refractivity (Wildman–Crippen MR) is 113 cm³/mol. The van der Waals surface area contributed by atoms with Crippen molar-refractivity contribution in [1.82, 2.24) is 5.32 Å². The molecular formula is C22H22ClN3O3. The van der Waals surface area contributed by atoms with E-state index in [1.54, 1.807) is 6.07 Å². The molecule has 0 aromatic heterocycles. The van der Waals surface area contributed by atoms with Crippen LogP contribution in [0, 0.1) is 0 Å². The van der Waals surface area contributed by atoms with Gasteiger partial charge >= 0.3 is 6.03 Å². The molecule has 150 valence electrons. The summed E-state index contributed by atoms with van der Waals surface area (Å²) in [5.41, 5.74) is 2.90. The molecule has 0 spiro atoms. The molecule has 2 heterocycles. The lowest BCUT2D eigenvalue weighted by molar-refractivity contribution is -0.120. The van der Waals surface area contributed by atoms with E-state index in [2.05, 4.69) is 19.2 Å². The molecule has 2 saturated heterocycles. The van der Waals surface area contributed by atoms with Crippen molar-refractivity contribution in [3.63, 3.8) is 0 Å². The maximum Gasteiger partial charge on any atom is 0.328 e. The quantitative estimate of drug-likeness (QED) is 0.815. The van der Waals surface area contributed by atoms with Crippen LogP contribution < -0.4 is 15.1 Å². The molecular weight excluding hydrogens is 390 g/mol. The molecule has 6 nitrogen and oxygen atoms in total. The van der Waals surface area contributed by atoms with Crippen molar-refractivity contribution < 1.29 is 14.4 Å². The van der Waals surface area contributed by atoms with Crippen molar-refractivity contribution in [2.45, 2.75) is 38.6 Å². The first-order chi connectivity index (χ1) is 13.8. The normalized spacial score (nSPS) is 18.9. The van der Waals surface area contributed by atoms with Crippen molar-refractivity contribution in [2.24, 2.45) is 0 Å². The number of nitrogens with zero attached hydrogens (tertiary/aromatic N) is 2. The van der Waals surface area contributed by atoms with Crippen LogP contribution >= 0.6 is 11.6 Å². The van der Waals surface area contributed by atoms with E-state index in [0.29, 0.717) is 23.7 Å².